The monoisotopic (exact) mass is 328 g/mol. The minimum absolute atomic E-state index is 0.721. The molecule has 0 atom stereocenters. The number of benzene rings is 4. The topological polar surface area (TPSA) is 13.1 Å². The Morgan fingerprint density at radius 2 is 1.42 bits per heavy atom. The van der Waals surface area contributed by atoms with Gasteiger partial charge in [0, 0.05) is 16.3 Å². The van der Waals surface area contributed by atoms with Crippen molar-refractivity contribution in [2.45, 2.75) is 0 Å². The van der Waals surface area contributed by atoms with Gasteiger partial charge in [-0.3, -0.25) is 0 Å². The Hall–Kier alpha value is -2.77. The molecule has 0 saturated heterocycles. The van der Waals surface area contributed by atoms with Gasteiger partial charge in [-0.25, -0.2) is 0 Å². The van der Waals surface area contributed by atoms with Gasteiger partial charge in [0.2, 0.25) is 0 Å². The van der Waals surface area contributed by atoms with Gasteiger partial charge < -0.3 is 4.42 Å². The predicted molar refractivity (Wildman–Crippen MR) is 102 cm³/mol. The first-order valence-electron chi connectivity index (χ1n) is 7.90. The number of furan rings is 1. The first-order chi connectivity index (χ1) is 11.8. The van der Waals surface area contributed by atoms with E-state index in [4.69, 9.17) is 16.0 Å². The summed E-state index contributed by atoms with van der Waals surface area (Å²) in [6.07, 6.45) is 0. The molecule has 0 spiro atoms. The Kier molecular flexibility index (Phi) is 2.91. The molecule has 0 aliphatic rings. The molecular formula is C22H13ClO. The van der Waals surface area contributed by atoms with Crippen LogP contribution in [0, 0.1) is 0 Å². The van der Waals surface area contributed by atoms with Crippen molar-refractivity contribution >= 4 is 44.3 Å². The molecule has 5 rings (SSSR count). The van der Waals surface area contributed by atoms with Crippen LogP contribution in [0.2, 0.25) is 5.02 Å². The van der Waals surface area contributed by atoms with Crippen LogP contribution in [-0.4, -0.2) is 0 Å². The zero-order valence-corrected chi connectivity index (χ0v) is 13.5. The third-order valence-electron chi connectivity index (χ3n) is 4.52. The summed E-state index contributed by atoms with van der Waals surface area (Å²) >= 11 is 6.53. The van der Waals surface area contributed by atoms with Crippen molar-refractivity contribution < 1.29 is 4.42 Å². The van der Waals surface area contributed by atoms with Crippen LogP contribution in [0.4, 0.5) is 0 Å². The Morgan fingerprint density at radius 1 is 0.708 bits per heavy atom. The van der Waals surface area contributed by atoms with Gasteiger partial charge in [0.25, 0.3) is 0 Å². The molecule has 0 saturated carbocycles. The molecular weight excluding hydrogens is 316 g/mol. The summed E-state index contributed by atoms with van der Waals surface area (Å²) in [7, 11) is 0. The smallest absolute Gasteiger partial charge is 0.144 e. The molecule has 4 aromatic carbocycles. The van der Waals surface area contributed by atoms with E-state index in [1.54, 1.807) is 0 Å². The van der Waals surface area contributed by atoms with Crippen LogP contribution in [0.25, 0.3) is 43.8 Å². The third-order valence-corrected chi connectivity index (χ3v) is 4.84. The number of halogens is 1. The molecule has 24 heavy (non-hydrogen) atoms. The van der Waals surface area contributed by atoms with E-state index in [1.807, 2.05) is 42.5 Å². The number of hydrogen-bond acceptors (Lipinski definition) is 1. The highest BCUT2D eigenvalue weighted by atomic mass is 35.5. The highest BCUT2D eigenvalue weighted by Crippen LogP contribution is 2.40. The second-order valence-electron chi connectivity index (χ2n) is 5.96. The fraction of sp³-hybridized carbons (Fsp3) is 0. The van der Waals surface area contributed by atoms with Gasteiger partial charge in [-0.15, -0.1) is 0 Å². The largest absolute Gasteiger partial charge is 0.455 e. The quantitative estimate of drug-likeness (QED) is 0.321. The summed E-state index contributed by atoms with van der Waals surface area (Å²) in [5.74, 6) is 0. The number of rotatable bonds is 1. The van der Waals surface area contributed by atoms with E-state index in [1.165, 1.54) is 10.8 Å². The van der Waals surface area contributed by atoms with Crippen molar-refractivity contribution in [1.82, 2.24) is 0 Å². The molecule has 0 aliphatic carbocycles. The molecule has 0 radical (unpaired) electrons. The molecule has 0 unspecified atom stereocenters. The molecule has 1 aromatic heterocycles. The van der Waals surface area contributed by atoms with Gasteiger partial charge in [-0.1, -0.05) is 66.2 Å². The van der Waals surface area contributed by atoms with E-state index in [0.717, 1.165) is 38.1 Å². The lowest BCUT2D eigenvalue weighted by Crippen LogP contribution is -1.79. The maximum Gasteiger partial charge on any atom is 0.144 e. The van der Waals surface area contributed by atoms with Crippen LogP contribution < -0.4 is 0 Å². The van der Waals surface area contributed by atoms with E-state index in [0.29, 0.717) is 0 Å². The lowest BCUT2D eigenvalue weighted by molar-refractivity contribution is 0.670. The molecule has 2 heteroatoms. The highest BCUT2D eigenvalue weighted by Gasteiger charge is 2.15. The number of hydrogen-bond donors (Lipinski definition) is 0. The van der Waals surface area contributed by atoms with Crippen LogP contribution >= 0.6 is 11.6 Å². The summed E-state index contributed by atoms with van der Waals surface area (Å²) in [5, 5.41) is 5.12. The molecule has 114 valence electrons. The average Bonchev–Trinajstić information content (AvgIpc) is 3.00. The summed E-state index contributed by atoms with van der Waals surface area (Å²) in [6.45, 7) is 0. The second-order valence-corrected chi connectivity index (χ2v) is 6.37. The maximum atomic E-state index is 6.53. The fourth-order valence-electron chi connectivity index (χ4n) is 3.37. The summed E-state index contributed by atoms with van der Waals surface area (Å²) < 4.78 is 6.24. The van der Waals surface area contributed by atoms with Gasteiger partial charge in [0.15, 0.2) is 0 Å². The molecule has 1 nitrogen and oxygen atoms in total. The van der Waals surface area contributed by atoms with Crippen molar-refractivity contribution in [2.24, 2.45) is 0 Å². The SMILES string of the molecule is Clc1ccc(-c2ccccc2)c2oc3cc4ccccc4cc3c12. The van der Waals surface area contributed by atoms with Gasteiger partial charge in [0.1, 0.15) is 11.2 Å². The zero-order chi connectivity index (χ0) is 16.1. The lowest BCUT2D eigenvalue weighted by Gasteiger charge is -2.03. The zero-order valence-electron chi connectivity index (χ0n) is 12.8. The molecule has 5 aromatic rings. The fourth-order valence-corrected chi connectivity index (χ4v) is 3.62. The van der Waals surface area contributed by atoms with Crippen LogP contribution in [0.3, 0.4) is 0 Å². The molecule has 0 amide bonds. The first-order valence-corrected chi connectivity index (χ1v) is 8.28. The average molecular weight is 329 g/mol. The van der Waals surface area contributed by atoms with E-state index in [2.05, 4.69) is 36.4 Å². The van der Waals surface area contributed by atoms with E-state index < -0.39 is 0 Å². The van der Waals surface area contributed by atoms with E-state index >= 15 is 0 Å². The standard InChI is InChI=1S/C22H13ClO/c23-19-11-10-17(14-6-2-1-3-7-14)22-21(19)18-12-15-8-4-5-9-16(15)13-20(18)24-22/h1-13H. The lowest BCUT2D eigenvalue weighted by atomic mass is 10.0. The van der Waals surface area contributed by atoms with Crippen molar-refractivity contribution in [3.63, 3.8) is 0 Å². The first kappa shape index (κ1) is 13.6. The summed E-state index contributed by atoms with van der Waals surface area (Å²) in [5.41, 5.74) is 3.91. The third kappa shape index (κ3) is 1.95. The summed E-state index contributed by atoms with van der Waals surface area (Å²) in [4.78, 5) is 0. The normalized spacial score (nSPS) is 11.5. The predicted octanol–water partition coefficient (Wildman–Crippen LogP) is 7.06. The van der Waals surface area contributed by atoms with Crippen LogP contribution in [0.15, 0.2) is 83.3 Å². The Morgan fingerprint density at radius 3 is 2.21 bits per heavy atom. The van der Waals surface area contributed by atoms with Crippen molar-refractivity contribution in [2.75, 3.05) is 0 Å². The summed E-state index contributed by atoms with van der Waals surface area (Å²) in [6, 6.07) is 26.8. The molecule has 0 N–H and O–H groups in total. The molecule has 1 heterocycles. The second kappa shape index (κ2) is 5.12. The van der Waals surface area contributed by atoms with E-state index in [-0.39, 0.29) is 0 Å². The molecule has 0 bridgehead atoms. The van der Waals surface area contributed by atoms with Gasteiger partial charge in [0.05, 0.1) is 5.02 Å². The van der Waals surface area contributed by atoms with Crippen molar-refractivity contribution in [3.8, 4) is 11.1 Å². The highest BCUT2D eigenvalue weighted by molar-refractivity contribution is 6.38. The van der Waals surface area contributed by atoms with Crippen molar-refractivity contribution in [3.05, 3.63) is 83.9 Å². The minimum Gasteiger partial charge on any atom is -0.455 e. The van der Waals surface area contributed by atoms with Gasteiger partial charge in [-0.05, 0) is 40.6 Å². The van der Waals surface area contributed by atoms with Crippen LogP contribution in [0.5, 0.6) is 0 Å². The Balaban J connectivity index is 1.94. The minimum atomic E-state index is 0.721. The molecule has 0 fully saturated rings. The van der Waals surface area contributed by atoms with Crippen molar-refractivity contribution in [1.29, 1.82) is 0 Å². The van der Waals surface area contributed by atoms with Crippen LogP contribution in [-0.2, 0) is 0 Å². The van der Waals surface area contributed by atoms with Gasteiger partial charge in [-0.2, -0.15) is 0 Å². The Bertz CT molecular complexity index is 1200. The number of fused-ring (bicyclic) bond motifs is 4. The van der Waals surface area contributed by atoms with Gasteiger partial charge >= 0.3 is 0 Å². The Labute approximate surface area is 144 Å². The molecule has 0 aliphatic heterocycles. The maximum absolute atomic E-state index is 6.53. The van der Waals surface area contributed by atoms with Crippen LogP contribution in [0.1, 0.15) is 0 Å². The van der Waals surface area contributed by atoms with E-state index in [9.17, 15) is 0 Å².